The molecule has 0 amide bonds. The fourth-order valence-electron chi connectivity index (χ4n) is 1.52. The number of aromatic nitrogens is 4. The highest BCUT2D eigenvalue weighted by atomic mass is 16.4. The van der Waals surface area contributed by atoms with Crippen molar-refractivity contribution in [3.8, 4) is 5.69 Å². The summed E-state index contributed by atoms with van der Waals surface area (Å²) in [5, 5.41) is 19.7. The Morgan fingerprint density at radius 2 is 1.94 bits per heavy atom. The summed E-state index contributed by atoms with van der Waals surface area (Å²) in [6.07, 6.45) is 0. The van der Waals surface area contributed by atoms with Crippen LogP contribution >= 0.6 is 0 Å². The van der Waals surface area contributed by atoms with Crippen LogP contribution in [0.1, 0.15) is 21.7 Å². The lowest BCUT2D eigenvalue weighted by Crippen LogP contribution is -2.05. The molecule has 1 heterocycles. The minimum absolute atomic E-state index is 0.303. The predicted molar refractivity (Wildman–Crippen MR) is 55.6 cm³/mol. The van der Waals surface area contributed by atoms with Crippen molar-refractivity contribution in [1.82, 2.24) is 20.2 Å². The van der Waals surface area contributed by atoms with Crippen molar-refractivity contribution in [2.45, 2.75) is 13.8 Å². The van der Waals surface area contributed by atoms with Crippen molar-refractivity contribution >= 4 is 5.97 Å². The molecule has 6 nitrogen and oxygen atoms in total. The van der Waals surface area contributed by atoms with Crippen molar-refractivity contribution in [2.75, 3.05) is 0 Å². The van der Waals surface area contributed by atoms with Crippen LogP contribution in [-0.2, 0) is 0 Å². The molecule has 0 fully saturated rings. The van der Waals surface area contributed by atoms with Crippen molar-refractivity contribution in [3.63, 3.8) is 0 Å². The van der Waals surface area contributed by atoms with E-state index in [-0.39, 0.29) is 5.82 Å². The van der Waals surface area contributed by atoms with E-state index in [1.54, 1.807) is 0 Å². The van der Waals surface area contributed by atoms with Gasteiger partial charge in [-0.2, -0.15) is 0 Å². The number of rotatable bonds is 2. The van der Waals surface area contributed by atoms with Gasteiger partial charge in [0.05, 0.1) is 5.69 Å². The minimum Gasteiger partial charge on any atom is -0.475 e. The lowest BCUT2D eigenvalue weighted by atomic mass is 10.1. The number of nitrogens with zero attached hydrogens (tertiary/aromatic N) is 4. The van der Waals surface area contributed by atoms with Gasteiger partial charge in [-0.05, 0) is 30.2 Å². The van der Waals surface area contributed by atoms with Gasteiger partial charge >= 0.3 is 5.97 Å². The average molecular weight is 218 g/mol. The molecule has 2 aromatic rings. The van der Waals surface area contributed by atoms with E-state index >= 15 is 0 Å². The first-order valence-electron chi connectivity index (χ1n) is 4.69. The number of carboxylic acids is 1. The average Bonchev–Trinajstić information content (AvgIpc) is 2.66. The molecule has 0 bridgehead atoms. The number of carbonyl (C=O) groups is 1. The third-order valence-corrected chi connectivity index (χ3v) is 2.24. The van der Waals surface area contributed by atoms with Gasteiger partial charge in [0.1, 0.15) is 0 Å². The van der Waals surface area contributed by atoms with Crippen molar-refractivity contribution in [3.05, 3.63) is 35.2 Å². The van der Waals surface area contributed by atoms with E-state index in [1.807, 2.05) is 32.0 Å². The van der Waals surface area contributed by atoms with Gasteiger partial charge < -0.3 is 5.11 Å². The number of benzene rings is 1. The monoisotopic (exact) mass is 218 g/mol. The Kier molecular flexibility index (Phi) is 2.40. The maximum Gasteiger partial charge on any atom is 0.377 e. The Balaban J connectivity index is 2.54. The number of tetrazole rings is 1. The Morgan fingerprint density at radius 3 is 2.44 bits per heavy atom. The zero-order chi connectivity index (χ0) is 11.7. The number of para-hydroxylation sites is 1. The molecule has 82 valence electrons. The van der Waals surface area contributed by atoms with Gasteiger partial charge in [0.25, 0.3) is 5.82 Å². The quantitative estimate of drug-likeness (QED) is 0.812. The van der Waals surface area contributed by atoms with Gasteiger partial charge in [-0.1, -0.05) is 18.2 Å². The summed E-state index contributed by atoms with van der Waals surface area (Å²) in [6.45, 7) is 3.82. The van der Waals surface area contributed by atoms with Crippen LogP contribution in [0.25, 0.3) is 5.69 Å². The van der Waals surface area contributed by atoms with Gasteiger partial charge in [0.15, 0.2) is 0 Å². The summed E-state index contributed by atoms with van der Waals surface area (Å²) in [5.74, 6) is -1.49. The maximum atomic E-state index is 10.6. The second-order valence-electron chi connectivity index (χ2n) is 3.45. The molecule has 1 aromatic heterocycles. The third-order valence-electron chi connectivity index (χ3n) is 2.24. The smallest absolute Gasteiger partial charge is 0.377 e. The van der Waals surface area contributed by atoms with E-state index in [4.69, 9.17) is 5.11 Å². The summed E-state index contributed by atoms with van der Waals surface area (Å²) in [5.41, 5.74) is 2.70. The standard InChI is InChI=1S/C10H10N4O2/c1-6-4-3-5-7(2)8(6)14-12-9(10(15)16)11-13-14/h3-5H,1-2H3,(H,15,16). The lowest BCUT2D eigenvalue weighted by Gasteiger charge is -2.06. The third kappa shape index (κ3) is 1.65. The topological polar surface area (TPSA) is 80.9 Å². The van der Waals surface area contributed by atoms with E-state index in [2.05, 4.69) is 15.4 Å². The number of hydrogen-bond donors (Lipinski definition) is 1. The van der Waals surface area contributed by atoms with Gasteiger partial charge in [0, 0.05) is 0 Å². The summed E-state index contributed by atoms with van der Waals surface area (Å²) < 4.78 is 0. The van der Waals surface area contributed by atoms with Crippen LogP contribution in [0.15, 0.2) is 18.2 Å². The fraction of sp³-hybridized carbons (Fsp3) is 0.200. The molecule has 0 radical (unpaired) electrons. The van der Waals surface area contributed by atoms with E-state index in [0.717, 1.165) is 16.8 Å². The maximum absolute atomic E-state index is 10.6. The Morgan fingerprint density at radius 1 is 1.31 bits per heavy atom. The molecule has 0 aliphatic heterocycles. The van der Waals surface area contributed by atoms with Crippen molar-refractivity contribution in [1.29, 1.82) is 0 Å². The number of aromatic carboxylic acids is 1. The molecular weight excluding hydrogens is 208 g/mol. The van der Waals surface area contributed by atoms with E-state index in [1.165, 1.54) is 4.80 Å². The van der Waals surface area contributed by atoms with Crippen LogP contribution in [0, 0.1) is 13.8 Å². The molecule has 6 heteroatoms. The molecule has 1 aromatic carbocycles. The van der Waals surface area contributed by atoms with E-state index in [9.17, 15) is 4.79 Å². The van der Waals surface area contributed by atoms with Gasteiger partial charge in [0.2, 0.25) is 0 Å². The zero-order valence-electron chi connectivity index (χ0n) is 8.88. The molecule has 0 aliphatic rings. The first-order chi connectivity index (χ1) is 7.59. The van der Waals surface area contributed by atoms with Gasteiger partial charge in [-0.15, -0.1) is 15.0 Å². The highest BCUT2D eigenvalue weighted by molar-refractivity contribution is 5.82. The fourth-order valence-corrected chi connectivity index (χ4v) is 1.52. The molecule has 0 saturated heterocycles. The Hall–Kier alpha value is -2.24. The summed E-state index contributed by atoms with van der Waals surface area (Å²) in [7, 11) is 0. The largest absolute Gasteiger partial charge is 0.475 e. The second kappa shape index (κ2) is 3.73. The van der Waals surface area contributed by atoms with Crippen LogP contribution in [0.3, 0.4) is 0 Å². The first-order valence-corrected chi connectivity index (χ1v) is 4.69. The highest BCUT2D eigenvalue weighted by Crippen LogP contribution is 2.16. The Bertz CT molecular complexity index is 527. The number of aryl methyl sites for hydroxylation is 2. The molecule has 16 heavy (non-hydrogen) atoms. The Labute approximate surface area is 91.5 Å². The van der Waals surface area contributed by atoms with Crippen molar-refractivity contribution < 1.29 is 9.90 Å². The molecule has 1 N–H and O–H groups in total. The molecule has 0 spiro atoms. The van der Waals surface area contributed by atoms with Crippen LogP contribution in [0.4, 0.5) is 0 Å². The SMILES string of the molecule is Cc1cccc(C)c1-n1nnc(C(=O)O)n1. The second-order valence-corrected chi connectivity index (χ2v) is 3.45. The van der Waals surface area contributed by atoms with Crippen LogP contribution in [0.5, 0.6) is 0 Å². The van der Waals surface area contributed by atoms with Crippen molar-refractivity contribution in [2.24, 2.45) is 0 Å². The van der Waals surface area contributed by atoms with Crippen LogP contribution in [0.2, 0.25) is 0 Å². The normalized spacial score (nSPS) is 10.4. The van der Waals surface area contributed by atoms with E-state index < -0.39 is 5.97 Å². The molecule has 0 unspecified atom stereocenters. The van der Waals surface area contributed by atoms with Crippen LogP contribution in [-0.4, -0.2) is 31.3 Å². The lowest BCUT2D eigenvalue weighted by molar-refractivity contribution is 0.0683. The first kappa shape index (κ1) is 10.3. The van der Waals surface area contributed by atoms with Crippen LogP contribution < -0.4 is 0 Å². The zero-order valence-corrected chi connectivity index (χ0v) is 8.88. The van der Waals surface area contributed by atoms with E-state index in [0.29, 0.717) is 0 Å². The number of hydrogen-bond acceptors (Lipinski definition) is 4. The summed E-state index contributed by atoms with van der Waals surface area (Å²) in [4.78, 5) is 11.9. The molecule has 0 aliphatic carbocycles. The van der Waals surface area contributed by atoms with Gasteiger partial charge in [-0.3, -0.25) is 0 Å². The molecular formula is C10H10N4O2. The molecule has 0 saturated carbocycles. The molecule has 0 atom stereocenters. The summed E-state index contributed by atoms with van der Waals surface area (Å²) in [6, 6.07) is 5.74. The minimum atomic E-state index is -1.18. The predicted octanol–water partition coefficient (Wildman–Crippen LogP) is 0.977. The number of carboxylic acid groups (broad SMARTS) is 1. The summed E-state index contributed by atoms with van der Waals surface area (Å²) >= 11 is 0. The van der Waals surface area contributed by atoms with Gasteiger partial charge in [-0.25, -0.2) is 4.79 Å². The highest BCUT2D eigenvalue weighted by Gasteiger charge is 2.13. The molecule has 2 rings (SSSR count).